The third-order valence-corrected chi connectivity index (χ3v) is 3.72. The molecule has 0 saturated heterocycles. The summed E-state index contributed by atoms with van der Waals surface area (Å²) in [4.78, 5) is 24.8. The number of amides is 1. The van der Waals surface area contributed by atoms with E-state index in [9.17, 15) is 9.59 Å². The number of carbonyl (C=O) groups is 2. The summed E-state index contributed by atoms with van der Waals surface area (Å²) in [7, 11) is 0. The summed E-state index contributed by atoms with van der Waals surface area (Å²) in [5.41, 5.74) is 2.13. The summed E-state index contributed by atoms with van der Waals surface area (Å²) in [6, 6.07) is 5.02. The molecule has 1 heterocycles. The molecule has 0 aromatic heterocycles. The number of aryl methyl sites for hydroxylation is 1. The zero-order valence-electron chi connectivity index (χ0n) is 11.3. The zero-order chi connectivity index (χ0) is 14.0. The lowest BCUT2D eigenvalue weighted by Gasteiger charge is -2.31. The van der Waals surface area contributed by atoms with Crippen LogP contribution in [0.3, 0.4) is 0 Å². The summed E-state index contributed by atoms with van der Waals surface area (Å²) in [5, 5.41) is 9.01. The van der Waals surface area contributed by atoms with Crippen molar-refractivity contribution >= 4 is 17.6 Å². The molecule has 4 heteroatoms. The number of rotatable bonds is 4. The van der Waals surface area contributed by atoms with Gasteiger partial charge >= 0.3 is 5.97 Å². The van der Waals surface area contributed by atoms with Crippen LogP contribution in [-0.2, 0) is 11.2 Å². The highest BCUT2D eigenvalue weighted by Gasteiger charge is 2.25. The number of benzene rings is 1. The van der Waals surface area contributed by atoms with Gasteiger partial charge in [0.25, 0.3) is 0 Å². The second kappa shape index (κ2) is 5.43. The average molecular weight is 261 g/mol. The molecule has 0 radical (unpaired) electrons. The second-order valence-electron chi connectivity index (χ2n) is 5.17. The fourth-order valence-electron chi connectivity index (χ4n) is 2.33. The first kappa shape index (κ1) is 13.6. The Balaban J connectivity index is 2.33. The minimum Gasteiger partial charge on any atom is -0.478 e. The van der Waals surface area contributed by atoms with Crippen molar-refractivity contribution in [2.24, 2.45) is 5.92 Å². The SMILES string of the molecule is CCC(C)CN1C(=O)CCc2cc(C(=O)O)ccc21. The summed E-state index contributed by atoms with van der Waals surface area (Å²) in [5.74, 6) is -0.349. The van der Waals surface area contributed by atoms with E-state index in [1.807, 2.05) is 0 Å². The van der Waals surface area contributed by atoms with Crippen molar-refractivity contribution in [1.29, 1.82) is 0 Å². The summed E-state index contributed by atoms with van der Waals surface area (Å²) in [6.07, 6.45) is 2.12. The molecule has 19 heavy (non-hydrogen) atoms. The molecule has 1 amide bonds. The van der Waals surface area contributed by atoms with Gasteiger partial charge in [-0.1, -0.05) is 20.3 Å². The molecule has 0 aliphatic carbocycles. The molecule has 1 aliphatic rings. The Labute approximate surface area is 113 Å². The van der Waals surface area contributed by atoms with Gasteiger partial charge in [0.15, 0.2) is 0 Å². The smallest absolute Gasteiger partial charge is 0.335 e. The van der Waals surface area contributed by atoms with Gasteiger partial charge in [-0.15, -0.1) is 0 Å². The van der Waals surface area contributed by atoms with Gasteiger partial charge in [0.05, 0.1) is 5.56 Å². The maximum atomic E-state index is 12.0. The monoisotopic (exact) mass is 261 g/mol. The Hall–Kier alpha value is -1.84. The molecule has 2 rings (SSSR count). The number of hydrogen-bond donors (Lipinski definition) is 1. The number of anilines is 1. The van der Waals surface area contributed by atoms with Crippen molar-refractivity contribution in [2.75, 3.05) is 11.4 Å². The second-order valence-corrected chi connectivity index (χ2v) is 5.17. The summed E-state index contributed by atoms with van der Waals surface area (Å²) < 4.78 is 0. The molecule has 1 unspecified atom stereocenters. The number of carbonyl (C=O) groups excluding carboxylic acids is 1. The van der Waals surface area contributed by atoms with Crippen LogP contribution in [0, 0.1) is 5.92 Å². The molecule has 102 valence electrons. The van der Waals surface area contributed by atoms with Crippen molar-refractivity contribution in [3.63, 3.8) is 0 Å². The molecule has 0 fully saturated rings. The minimum absolute atomic E-state index is 0.135. The van der Waals surface area contributed by atoms with Gasteiger partial charge in [-0.3, -0.25) is 4.79 Å². The number of hydrogen-bond acceptors (Lipinski definition) is 2. The number of carboxylic acid groups (broad SMARTS) is 1. The van der Waals surface area contributed by atoms with Gasteiger partial charge < -0.3 is 10.0 Å². The average Bonchev–Trinajstić information content (AvgIpc) is 2.41. The molecule has 1 N–H and O–H groups in total. The number of aromatic carboxylic acids is 1. The molecule has 4 nitrogen and oxygen atoms in total. The van der Waals surface area contributed by atoms with Crippen LogP contribution in [0.25, 0.3) is 0 Å². The van der Waals surface area contributed by atoms with E-state index in [0.29, 0.717) is 25.3 Å². The molecule has 1 atom stereocenters. The van der Waals surface area contributed by atoms with E-state index in [1.54, 1.807) is 23.1 Å². The lowest BCUT2D eigenvalue weighted by Crippen LogP contribution is -2.38. The van der Waals surface area contributed by atoms with Crippen LogP contribution in [0.2, 0.25) is 0 Å². The normalized spacial score (nSPS) is 16.1. The predicted octanol–water partition coefficient (Wildman–Crippen LogP) is 2.71. The van der Waals surface area contributed by atoms with Gasteiger partial charge in [-0.05, 0) is 36.1 Å². The Morgan fingerprint density at radius 3 is 2.79 bits per heavy atom. The van der Waals surface area contributed by atoms with Gasteiger partial charge in [0.1, 0.15) is 0 Å². The molecule has 1 aliphatic heterocycles. The maximum absolute atomic E-state index is 12.0. The Kier molecular flexibility index (Phi) is 3.88. The van der Waals surface area contributed by atoms with Crippen LogP contribution in [0.4, 0.5) is 5.69 Å². The fraction of sp³-hybridized carbons (Fsp3) is 0.467. The standard InChI is InChI=1S/C15H19NO3/c1-3-10(2)9-16-13-6-4-12(15(18)19)8-11(13)5-7-14(16)17/h4,6,8,10H,3,5,7,9H2,1-2H3,(H,18,19). The van der Waals surface area contributed by atoms with Crippen molar-refractivity contribution in [3.8, 4) is 0 Å². The van der Waals surface area contributed by atoms with Crippen LogP contribution < -0.4 is 4.90 Å². The van der Waals surface area contributed by atoms with Crippen molar-refractivity contribution in [3.05, 3.63) is 29.3 Å². The predicted molar refractivity (Wildman–Crippen MR) is 73.5 cm³/mol. The van der Waals surface area contributed by atoms with Crippen LogP contribution in [0.1, 0.15) is 42.6 Å². The summed E-state index contributed by atoms with van der Waals surface area (Å²) in [6.45, 7) is 4.93. The van der Waals surface area contributed by atoms with Crippen LogP contribution >= 0.6 is 0 Å². The zero-order valence-corrected chi connectivity index (χ0v) is 11.3. The number of fused-ring (bicyclic) bond motifs is 1. The number of nitrogens with zero attached hydrogens (tertiary/aromatic N) is 1. The van der Waals surface area contributed by atoms with Crippen molar-refractivity contribution in [1.82, 2.24) is 0 Å². The molecular formula is C15H19NO3. The van der Waals surface area contributed by atoms with Crippen LogP contribution in [-0.4, -0.2) is 23.5 Å². The van der Waals surface area contributed by atoms with E-state index in [2.05, 4.69) is 13.8 Å². The Morgan fingerprint density at radius 2 is 2.16 bits per heavy atom. The van der Waals surface area contributed by atoms with E-state index in [4.69, 9.17) is 5.11 Å². The highest BCUT2D eigenvalue weighted by atomic mass is 16.4. The third-order valence-electron chi connectivity index (χ3n) is 3.72. The largest absolute Gasteiger partial charge is 0.478 e. The van der Waals surface area contributed by atoms with Gasteiger partial charge in [0, 0.05) is 18.7 Å². The topological polar surface area (TPSA) is 57.6 Å². The van der Waals surface area contributed by atoms with Crippen LogP contribution in [0.5, 0.6) is 0 Å². The van der Waals surface area contributed by atoms with Gasteiger partial charge in [-0.2, -0.15) is 0 Å². The molecular weight excluding hydrogens is 242 g/mol. The molecule has 1 aromatic rings. The first-order valence-electron chi connectivity index (χ1n) is 6.69. The van der Waals surface area contributed by atoms with Crippen molar-refractivity contribution < 1.29 is 14.7 Å². The minimum atomic E-state index is -0.923. The van der Waals surface area contributed by atoms with E-state index >= 15 is 0 Å². The number of carboxylic acids is 1. The molecule has 1 aromatic carbocycles. The molecule has 0 spiro atoms. The highest BCUT2D eigenvalue weighted by molar-refractivity contribution is 5.97. The van der Waals surface area contributed by atoms with E-state index in [1.165, 1.54) is 0 Å². The first-order valence-corrected chi connectivity index (χ1v) is 6.69. The summed E-state index contributed by atoms with van der Waals surface area (Å²) >= 11 is 0. The Bertz CT molecular complexity index is 510. The van der Waals surface area contributed by atoms with Gasteiger partial charge in [0.2, 0.25) is 5.91 Å². The lowest BCUT2D eigenvalue weighted by atomic mass is 9.97. The first-order chi connectivity index (χ1) is 9.02. The molecule has 0 saturated carbocycles. The van der Waals surface area contributed by atoms with E-state index in [0.717, 1.165) is 17.7 Å². The maximum Gasteiger partial charge on any atom is 0.335 e. The fourth-order valence-corrected chi connectivity index (χ4v) is 2.33. The quantitative estimate of drug-likeness (QED) is 0.906. The lowest BCUT2D eigenvalue weighted by molar-refractivity contribution is -0.119. The van der Waals surface area contributed by atoms with Crippen molar-refractivity contribution in [2.45, 2.75) is 33.1 Å². The highest BCUT2D eigenvalue weighted by Crippen LogP contribution is 2.29. The molecule has 0 bridgehead atoms. The Morgan fingerprint density at radius 1 is 1.42 bits per heavy atom. The van der Waals surface area contributed by atoms with E-state index < -0.39 is 5.97 Å². The third kappa shape index (κ3) is 2.78. The van der Waals surface area contributed by atoms with E-state index in [-0.39, 0.29) is 11.5 Å². The van der Waals surface area contributed by atoms with Crippen LogP contribution in [0.15, 0.2) is 18.2 Å². The van der Waals surface area contributed by atoms with Gasteiger partial charge in [-0.25, -0.2) is 4.79 Å².